The molecule has 1 aliphatic rings. The number of nitrogens with one attached hydrogen (secondary N) is 1. The first-order valence-corrected chi connectivity index (χ1v) is 7.23. The average molecular weight is 292 g/mol. The minimum atomic E-state index is 0.0291. The third-order valence-corrected chi connectivity index (χ3v) is 3.85. The smallest absolute Gasteiger partial charge is 0.129 e. The van der Waals surface area contributed by atoms with E-state index in [1.165, 1.54) is 0 Å². The van der Waals surface area contributed by atoms with Crippen LogP contribution in [0.3, 0.4) is 0 Å². The van der Waals surface area contributed by atoms with Crippen LogP contribution in [0.4, 0.5) is 0 Å². The van der Waals surface area contributed by atoms with E-state index < -0.39 is 0 Å². The lowest BCUT2D eigenvalue weighted by Gasteiger charge is -2.32. The van der Waals surface area contributed by atoms with Crippen molar-refractivity contribution in [2.75, 3.05) is 6.54 Å². The molecule has 0 radical (unpaired) electrons. The zero-order chi connectivity index (χ0) is 14.1. The van der Waals surface area contributed by atoms with E-state index in [1.807, 2.05) is 37.6 Å². The van der Waals surface area contributed by atoms with Gasteiger partial charge in [0.05, 0.1) is 6.20 Å². The van der Waals surface area contributed by atoms with Crippen LogP contribution < -0.4 is 10.1 Å². The largest absolute Gasteiger partial charge is 0.485 e. The van der Waals surface area contributed by atoms with Crippen molar-refractivity contribution in [2.45, 2.75) is 25.5 Å². The van der Waals surface area contributed by atoms with E-state index in [1.54, 1.807) is 4.68 Å². The van der Waals surface area contributed by atoms with Crippen LogP contribution in [0.5, 0.6) is 5.75 Å². The summed E-state index contributed by atoms with van der Waals surface area (Å²) in [5.41, 5.74) is 2.25. The van der Waals surface area contributed by atoms with Crippen LogP contribution in [-0.2, 0) is 7.05 Å². The van der Waals surface area contributed by atoms with E-state index >= 15 is 0 Å². The minimum absolute atomic E-state index is 0.0291. The van der Waals surface area contributed by atoms with Gasteiger partial charge in [0, 0.05) is 41.9 Å². The molecule has 0 amide bonds. The molecule has 0 bridgehead atoms. The summed E-state index contributed by atoms with van der Waals surface area (Å²) in [6, 6.07) is 6.07. The van der Waals surface area contributed by atoms with E-state index in [0.29, 0.717) is 0 Å². The fourth-order valence-electron chi connectivity index (χ4n) is 2.69. The number of rotatable bonds is 3. The van der Waals surface area contributed by atoms with Crippen molar-refractivity contribution in [3.05, 3.63) is 46.7 Å². The van der Waals surface area contributed by atoms with Crippen molar-refractivity contribution in [1.29, 1.82) is 0 Å². The summed E-state index contributed by atoms with van der Waals surface area (Å²) in [6.07, 6.45) is 4.79. The van der Waals surface area contributed by atoms with Crippen molar-refractivity contribution in [1.82, 2.24) is 15.1 Å². The Bertz CT molecular complexity index is 611. The molecule has 1 aromatic heterocycles. The van der Waals surface area contributed by atoms with E-state index in [2.05, 4.69) is 17.3 Å². The standard InChI is InChI=1S/C15H18ClN3O/c1-3-17-13-7-15(10-8-18-19(2)9-10)20-14-5-4-11(16)6-12(13)14/h4-6,8-9,13,15,17H,3,7H2,1-2H3. The Morgan fingerprint density at radius 2 is 2.35 bits per heavy atom. The molecule has 2 atom stereocenters. The molecule has 106 valence electrons. The molecule has 0 spiro atoms. The number of halogens is 1. The zero-order valence-corrected chi connectivity index (χ0v) is 12.4. The van der Waals surface area contributed by atoms with Crippen LogP contribution in [0.1, 0.15) is 36.6 Å². The van der Waals surface area contributed by atoms with Gasteiger partial charge in [0.15, 0.2) is 0 Å². The molecule has 20 heavy (non-hydrogen) atoms. The number of nitrogens with zero attached hydrogens (tertiary/aromatic N) is 2. The molecule has 0 saturated heterocycles. The first kappa shape index (κ1) is 13.5. The maximum absolute atomic E-state index is 6.11. The second-order valence-electron chi connectivity index (χ2n) is 5.08. The van der Waals surface area contributed by atoms with Gasteiger partial charge in [-0.15, -0.1) is 0 Å². The molecule has 0 aliphatic carbocycles. The number of aromatic nitrogens is 2. The fourth-order valence-corrected chi connectivity index (χ4v) is 2.87. The van der Waals surface area contributed by atoms with Gasteiger partial charge in [-0.3, -0.25) is 4.68 Å². The Morgan fingerprint density at radius 3 is 3.05 bits per heavy atom. The minimum Gasteiger partial charge on any atom is -0.485 e. The second kappa shape index (κ2) is 5.46. The van der Waals surface area contributed by atoms with Crippen molar-refractivity contribution >= 4 is 11.6 Å². The van der Waals surface area contributed by atoms with Gasteiger partial charge in [0.2, 0.25) is 0 Å². The lowest BCUT2D eigenvalue weighted by molar-refractivity contribution is 0.152. The van der Waals surface area contributed by atoms with Crippen LogP contribution in [0.15, 0.2) is 30.6 Å². The SMILES string of the molecule is CCNC1CC(c2cnn(C)c2)Oc2ccc(Cl)cc21. The highest BCUT2D eigenvalue weighted by molar-refractivity contribution is 6.30. The molecule has 5 heteroatoms. The molecular weight excluding hydrogens is 274 g/mol. The normalized spacial score (nSPS) is 21.4. The summed E-state index contributed by atoms with van der Waals surface area (Å²) in [5, 5.41) is 8.48. The number of fused-ring (bicyclic) bond motifs is 1. The predicted molar refractivity (Wildman–Crippen MR) is 79.1 cm³/mol. The molecule has 2 aromatic rings. The van der Waals surface area contributed by atoms with Crippen molar-refractivity contribution in [2.24, 2.45) is 7.05 Å². The third-order valence-electron chi connectivity index (χ3n) is 3.61. The Balaban J connectivity index is 1.94. The topological polar surface area (TPSA) is 39.1 Å². The maximum atomic E-state index is 6.11. The summed E-state index contributed by atoms with van der Waals surface area (Å²) in [5.74, 6) is 0.903. The van der Waals surface area contributed by atoms with Crippen molar-refractivity contribution in [3.8, 4) is 5.75 Å². The molecule has 3 rings (SSSR count). The summed E-state index contributed by atoms with van der Waals surface area (Å²) in [7, 11) is 1.92. The maximum Gasteiger partial charge on any atom is 0.129 e. The molecular formula is C15H18ClN3O. The second-order valence-corrected chi connectivity index (χ2v) is 5.52. The molecule has 2 heterocycles. The Morgan fingerprint density at radius 1 is 1.50 bits per heavy atom. The van der Waals surface area contributed by atoms with Crippen LogP contribution in [0.25, 0.3) is 0 Å². The monoisotopic (exact) mass is 291 g/mol. The number of hydrogen-bond acceptors (Lipinski definition) is 3. The molecule has 1 aromatic carbocycles. The van der Waals surface area contributed by atoms with Crippen LogP contribution in [0.2, 0.25) is 5.02 Å². The van der Waals surface area contributed by atoms with E-state index in [9.17, 15) is 0 Å². The van der Waals surface area contributed by atoms with Gasteiger partial charge in [-0.1, -0.05) is 18.5 Å². The average Bonchev–Trinajstić information content (AvgIpc) is 2.86. The van der Waals surface area contributed by atoms with Crippen LogP contribution >= 0.6 is 11.6 Å². The van der Waals surface area contributed by atoms with E-state index in [0.717, 1.165) is 34.9 Å². The summed E-state index contributed by atoms with van der Waals surface area (Å²) < 4.78 is 7.91. The Kier molecular flexibility index (Phi) is 3.68. The highest BCUT2D eigenvalue weighted by Crippen LogP contribution is 2.41. The van der Waals surface area contributed by atoms with Crippen LogP contribution in [0, 0.1) is 0 Å². The summed E-state index contributed by atoms with van der Waals surface area (Å²) in [4.78, 5) is 0. The summed E-state index contributed by atoms with van der Waals surface area (Å²) in [6.45, 7) is 3.02. The van der Waals surface area contributed by atoms with Crippen molar-refractivity contribution in [3.63, 3.8) is 0 Å². The molecule has 0 fully saturated rings. The van der Waals surface area contributed by atoms with Gasteiger partial charge in [0.25, 0.3) is 0 Å². The number of hydrogen-bond donors (Lipinski definition) is 1. The zero-order valence-electron chi connectivity index (χ0n) is 11.6. The van der Waals surface area contributed by atoms with Gasteiger partial charge in [-0.2, -0.15) is 5.10 Å². The highest BCUT2D eigenvalue weighted by atomic mass is 35.5. The fraction of sp³-hybridized carbons (Fsp3) is 0.400. The third kappa shape index (κ3) is 2.53. The van der Waals surface area contributed by atoms with Gasteiger partial charge < -0.3 is 10.1 Å². The predicted octanol–water partition coefficient (Wildman–Crippen LogP) is 3.25. The van der Waals surface area contributed by atoms with E-state index in [4.69, 9.17) is 16.3 Å². The van der Waals surface area contributed by atoms with Gasteiger partial charge in [-0.05, 0) is 24.7 Å². The Hall–Kier alpha value is -1.52. The van der Waals surface area contributed by atoms with Gasteiger partial charge >= 0.3 is 0 Å². The Labute approximate surface area is 123 Å². The lowest BCUT2D eigenvalue weighted by atomic mass is 9.94. The first-order valence-electron chi connectivity index (χ1n) is 6.85. The number of aryl methyl sites for hydroxylation is 1. The van der Waals surface area contributed by atoms with Crippen molar-refractivity contribution < 1.29 is 4.74 Å². The number of ether oxygens (including phenoxy) is 1. The lowest BCUT2D eigenvalue weighted by Crippen LogP contribution is -2.28. The molecule has 4 nitrogen and oxygen atoms in total. The van der Waals surface area contributed by atoms with Gasteiger partial charge in [0.1, 0.15) is 11.9 Å². The molecule has 0 saturated carbocycles. The molecule has 1 N–H and O–H groups in total. The summed E-state index contributed by atoms with van der Waals surface area (Å²) >= 11 is 6.10. The number of benzene rings is 1. The highest BCUT2D eigenvalue weighted by Gasteiger charge is 2.29. The quantitative estimate of drug-likeness (QED) is 0.943. The van der Waals surface area contributed by atoms with Crippen LogP contribution in [-0.4, -0.2) is 16.3 Å². The van der Waals surface area contributed by atoms with E-state index in [-0.39, 0.29) is 12.1 Å². The molecule has 1 aliphatic heterocycles. The molecule has 2 unspecified atom stereocenters. The van der Waals surface area contributed by atoms with Gasteiger partial charge in [-0.25, -0.2) is 0 Å². The first-order chi connectivity index (χ1) is 9.67.